The molecule has 17 heavy (non-hydrogen) atoms. The van der Waals surface area contributed by atoms with Crippen LogP contribution in [-0.4, -0.2) is 12.6 Å². The Morgan fingerprint density at radius 3 is 2.94 bits per heavy atom. The molecule has 2 nitrogen and oxygen atoms in total. The SMILES string of the molecule is CCCCc1cccc(C=CCOC(C)=O)c1. The number of rotatable bonds is 6. The van der Waals surface area contributed by atoms with Crippen LogP contribution in [0.15, 0.2) is 30.3 Å². The fourth-order valence-corrected chi connectivity index (χ4v) is 1.58. The summed E-state index contributed by atoms with van der Waals surface area (Å²) in [6, 6.07) is 8.45. The normalized spacial score (nSPS) is 10.7. The standard InChI is InChI=1S/C15H20O2/c1-3-4-7-14-8-5-9-15(12-14)10-6-11-17-13(2)16/h5-6,8-10,12H,3-4,7,11H2,1-2H3. The molecule has 0 fully saturated rings. The lowest BCUT2D eigenvalue weighted by Crippen LogP contribution is -1.97. The van der Waals surface area contributed by atoms with Gasteiger partial charge in [0, 0.05) is 6.92 Å². The Hall–Kier alpha value is -1.57. The molecule has 0 saturated carbocycles. The van der Waals surface area contributed by atoms with Gasteiger partial charge in [0.2, 0.25) is 0 Å². The molecule has 0 aliphatic carbocycles. The highest BCUT2D eigenvalue weighted by Crippen LogP contribution is 2.10. The molecule has 0 aliphatic heterocycles. The number of unbranched alkanes of at least 4 members (excludes halogenated alkanes) is 1. The molecule has 1 rings (SSSR count). The molecule has 1 aromatic rings. The average Bonchev–Trinajstić information content (AvgIpc) is 2.32. The molecule has 92 valence electrons. The van der Waals surface area contributed by atoms with Gasteiger partial charge in [0.05, 0.1) is 0 Å². The predicted molar refractivity (Wildman–Crippen MR) is 70.7 cm³/mol. The first-order chi connectivity index (χ1) is 8.22. The van der Waals surface area contributed by atoms with E-state index in [-0.39, 0.29) is 5.97 Å². The quantitative estimate of drug-likeness (QED) is 0.700. The molecule has 0 unspecified atom stereocenters. The van der Waals surface area contributed by atoms with Gasteiger partial charge in [-0.05, 0) is 30.0 Å². The first-order valence-corrected chi connectivity index (χ1v) is 6.11. The van der Waals surface area contributed by atoms with E-state index in [1.165, 1.54) is 25.3 Å². The zero-order valence-corrected chi connectivity index (χ0v) is 10.6. The zero-order valence-electron chi connectivity index (χ0n) is 10.6. The molecule has 1 aromatic carbocycles. The van der Waals surface area contributed by atoms with Crippen LogP contribution in [0.2, 0.25) is 0 Å². The average molecular weight is 232 g/mol. The minimum atomic E-state index is -0.244. The molecule has 0 amide bonds. The summed E-state index contributed by atoms with van der Waals surface area (Å²) in [7, 11) is 0. The van der Waals surface area contributed by atoms with Gasteiger partial charge in [-0.25, -0.2) is 0 Å². The van der Waals surface area contributed by atoms with E-state index in [1.807, 2.05) is 12.2 Å². The highest BCUT2D eigenvalue weighted by atomic mass is 16.5. The summed E-state index contributed by atoms with van der Waals surface area (Å²) >= 11 is 0. The van der Waals surface area contributed by atoms with Gasteiger partial charge in [-0.15, -0.1) is 0 Å². The van der Waals surface area contributed by atoms with Crippen molar-refractivity contribution in [1.29, 1.82) is 0 Å². The Bertz CT molecular complexity index is 380. The Balaban J connectivity index is 2.50. The van der Waals surface area contributed by atoms with Crippen molar-refractivity contribution in [3.8, 4) is 0 Å². The number of hydrogen-bond donors (Lipinski definition) is 0. The molecule has 0 radical (unpaired) electrons. The molecule has 2 heteroatoms. The van der Waals surface area contributed by atoms with E-state index in [4.69, 9.17) is 4.74 Å². The molecule has 0 N–H and O–H groups in total. The van der Waals surface area contributed by atoms with Crippen molar-refractivity contribution in [1.82, 2.24) is 0 Å². The smallest absolute Gasteiger partial charge is 0.302 e. The van der Waals surface area contributed by atoms with E-state index in [2.05, 4.69) is 31.2 Å². The molecular formula is C15H20O2. The topological polar surface area (TPSA) is 26.3 Å². The lowest BCUT2D eigenvalue weighted by molar-refractivity contribution is -0.139. The highest BCUT2D eigenvalue weighted by molar-refractivity contribution is 5.66. The molecule has 0 heterocycles. The van der Waals surface area contributed by atoms with Gasteiger partial charge in [-0.3, -0.25) is 4.79 Å². The van der Waals surface area contributed by atoms with Crippen LogP contribution in [0.25, 0.3) is 6.08 Å². The van der Waals surface area contributed by atoms with Crippen molar-refractivity contribution in [2.75, 3.05) is 6.61 Å². The van der Waals surface area contributed by atoms with Gasteiger partial charge in [0.15, 0.2) is 0 Å². The van der Waals surface area contributed by atoms with Gasteiger partial charge in [0.1, 0.15) is 6.61 Å². The first kappa shape index (κ1) is 13.5. The number of carbonyl (C=O) groups is 1. The molecule has 0 saturated heterocycles. The Labute approximate surface area is 103 Å². The van der Waals surface area contributed by atoms with Crippen LogP contribution < -0.4 is 0 Å². The summed E-state index contributed by atoms with van der Waals surface area (Å²) in [5, 5.41) is 0. The van der Waals surface area contributed by atoms with Gasteiger partial charge in [0.25, 0.3) is 0 Å². The van der Waals surface area contributed by atoms with Crippen molar-refractivity contribution in [3.05, 3.63) is 41.5 Å². The lowest BCUT2D eigenvalue weighted by Gasteiger charge is -2.01. The van der Waals surface area contributed by atoms with E-state index in [1.54, 1.807) is 0 Å². The highest BCUT2D eigenvalue weighted by Gasteiger charge is 1.93. The number of ether oxygens (including phenoxy) is 1. The van der Waals surface area contributed by atoms with Crippen LogP contribution in [-0.2, 0) is 16.0 Å². The van der Waals surface area contributed by atoms with Crippen molar-refractivity contribution in [2.45, 2.75) is 33.1 Å². The Kier molecular flexibility index (Phi) is 6.08. The van der Waals surface area contributed by atoms with Crippen molar-refractivity contribution < 1.29 is 9.53 Å². The van der Waals surface area contributed by atoms with Gasteiger partial charge in [-0.2, -0.15) is 0 Å². The molecule has 0 spiro atoms. The number of esters is 1. The van der Waals surface area contributed by atoms with E-state index in [0.29, 0.717) is 6.61 Å². The second-order valence-corrected chi connectivity index (χ2v) is 4.05. The lowest BCUT2D eigenvalue weighted by atomic mass is 10.1. The van der Waals surface area contributed by atoms with Gasteiger partial charge >= 0.3 is 5.97 Å². The second-order valence-electron chi connectivity index (χ2n) is 4.05. The van der Waals surface area contributed by atoms with E-state index >= 15 is 0 Å². The summed E-state index contributed by atoms with van der Waals surface area (Å²) in [5.74, 6) is -0.244. The van der Waals surface area contributed by atoms with Crippen molar-refractivity contribution in [3.63, 3.8) is 0 Å². The minimum absolute atomic E-state index is 0.244. The van der Waals surface area contributed by atoms with Gasteiger partial charge in [-0.1, -0.05) is 43.7 Å². The third kappa shape index (κ3) is 5.91. The monoisotopic (exact) mass is 232 g/mol. The summed E-state index contributed by atoms with van der Waals surface area (Å²) < 4.78 is 4.83. The van der Waals surface area contributed by atoms with Crippen LogP contribution >= 0.6 is 0 Å². The predicted octanol–water partition coefficient (Wildman–Crippen LogP) is 3.61. The first-order valence-electron chi connectivity index (χ1n) is 6.11. The third-order valence-electron chi connectivity index (χ3n) is 2.46. The fourth-order valence-electron chi connectivity index (χ4n) is 1.58. The van der Waals surface area contributed by atoms with Crippen LogP contribution in [0.1, 0.15) is 37.8 Å². The maximum absolute atomic E-state index is 10.6. The summed E-state index contributed by atoms with van der Waals surface area (Å²) in [5.41, 5.74) is 2.52. The number of benzene rings is 1. The van der Waals surface area contributed by atoms with E-state index in [9.17, 15) is 4.79 Å². The second kappa shape index (κ2) is 7.66. The maximum Gasteiger partial charge on any atom is 0.302 e. The summed E-state index contributed by atoms with van der Waals surface area (Å²) in [6.07, 6.45) is 7.41. The molecule has 0 aliphatic rings. The number of hydrogen-bond acceptors (Lipinski definition) is 2. The largest absolute Gasteiger partial charge is 0.462 e. The van der Waals surface area contributed by atoms with Crippen LogP contribution in [0.4, 0.5) is 0 Å². The summed E-state index contributed by atoms with van der Waals surface area (Å²) in [6.45, 7) is 3.95. The molecule has 0 atom stereocenters. The summed E-state index contributed by atoms with van der Waals surface area (Å²) in [4.78, 5) is 10.6. The van der Waals surface area contributed by atoms with E-state index < -0.39 is 0 Å². The third-order valence-corrected chi connectivity index (χ3v) is 2.46. The zero-order chi connectivity index (χ0) is 12.5. The van der Waals surface area contributed by atoms with Crippen molar-refractivity contribution >= 4 is 12.0 Å². The van der Waals surface area contributed by atoms with Crippen LogP contribution in [0.5, 0.6) is 0 Å². The van der Waals surface area contributed by atoms with Gasteiger partial charge < -0.3 is 4.74 Å². The fraction of sp³-hybridized carbons (Fsp3) is 0.400. The van der Waals surface area contributed by atoms with E-state index in [0.717, 1.165) is 12.0 Å². The van der Waals surface area contributed by atoms with Crippen molar-refractivity contribution in [2.24, 2.45) is 0 Å². The Morgan fingerprint density at radius 2 is 2.24 bits per heavy atom. The molecule has 0 aromatic heterocycles. The molecule has 0 bridgehead atoms. The number of carbonyl (C=O) groups excluding carboxylic acids is 1. The maximum atomic E-state index is 10.6. The molecular weight excluding hydrogens is 212 g/mol. The van der Waals surface area contributed by atoms with Crippen LogP contribution in [0.3, 0.4) is 0 Å². The number of aryl methyl sites for hydroxylation is 1. The Morgan fingerprint density at radius 1 is 1.41 bits per heavy atom. The minimum Gasteiger partial charge on any atom is -0.462 e. The van der Waals surface area contributed by atoms with Crippen LogP contribution in [0, 0.1) is 0 Å².